The predicted octanol–water partition coefficient (Wildman–Crippen LogP) is 3.36. The van der Waals surface area contributed by atoms with Gasteiger partial charge in [-0.1, -0.05) is 25.3 Å². The SMILES string of the molecule is O=C(/C=C/c1ccc2c(cnn2CC2CC2)c1)NC1(C(=O)O)CCCCC1. The van der Waals surface area contributed by atoms with Gasteiger partial charge in [-0.3, -0.25) is 9.48 Å². The van der Waals surface area contributed by atoms with Gasteiger partial charge in [0.25, 0.3) is 0 Å². The number of nitrogens with zero attached hydrogens (tertiary/aromatic N) is 2. The fourth-order valence-corrected chi connectivity index (χ4v) is 3.90. The summed E-state index contributed by atoms with van der Waals surface area (Å²) in [5, 5.41) is 17.8. The molecule has 0 unspecified atom stereocenters. The van der Waals surface area contributed by atoms with E-state index in [9.17, 15) is 14.7 Å². The van der Waals surface area contributed by atoms with Crippen LogP contribution in [0.5, 0.6) is 0 Å². The Kier molecular flexibility index (Phi) is 4.72. The van der Waals surface area contributed by atoms with Gasteiger partial charge in [0.2, 0.25) is 5.91 Å². The molecule has 1 aromatic heterocycles. The van der Waals surface area contributed by atoms with Gasteiger partial charge in [-0.25, -0.2) is 4.79 Å². The number of rotatable bonds is 6. The number of carbonyl (C=O) groups excluding carboxylic acids is 1. The molecule has 27 heavy (non-hydrogen) atoms. The van der Waals surface area contributed by atoms with E-state index in [1.54, 1.807) is 6.08 Å². The highest BCUT2D eigenvalue weighted by atomic mass is 16.4. The zero-order chi connectivity index (χ0) is 18.9. The number of benzene rings is 1. The number of amides is 1. The Morgan fingerprint density at radius 3 is 2.74 bits per heavy atom. The number of hydrogen-bond donors (Lipinski definition) is 2. The number of hydrogen-bond acceptors (Lipinski definition) is 3. The van der Waals surface area contributed by atoms with E-state index in [-0.39, 0.29) is 5.91 Å². The van der Waals surface area contributed by atoms with Crippen LogP contribution in [0.4, 0.5) is 0 Å². The first kappa shape index (κ1) is 17.8. The molecule has 0 atom stereocenters. The van der Waals surface area contributed by atoms with E-state index < -0.39 is 11.5 Å². The molecule has 6 heteroatoms. The van der Waals surface area contributed by atoms with Crippen molar-refractivity contribution >= 4 is 28.9 Å². The summed E-state index contributed by atoms with van der Waals surface area (Å²) in [4.78, 5) is 24.0. The van der Waals surface area contributed by atoms with E-state index in [1.807, 2.05) is 29.1 Å². The molecule has 6 nitrogen and oxygen atoms in total. The highest BCUT2D eigenvalue weighted by Gasteiger charge is 2.40. The van der Waals surface area contributed by atoms with E-state index in [0.29, 0.717) is 12.8 Å². The van der Waals surface area contributed by atoms with E-state index in [4.69, 9.17) is 0 Å². The van der Waals surface area contributed by atoms with Crippen molar-refractivity contribution in [1.29, 1.82) is 0 Å². The number of carboxylic acids is 1. The third kappa shape index (κ3) is 3.89. The van der Waals surface area contributed by atoms with Crippen LogP contribution in [-0.4, -0.2) is 32.3 Å². The Labute approximate surface area is 158 Å². The average Bonchev–Trinajstić information content (AvgIpc) is 3.40. The number of aromatic nitrogens is 2. The van der Waals surface area contributed by atoms with Crippen LogP contribution in [0.2, 0.25) is 0 Å². The van der Waals surface area contributed by atoms with E-state index in [0.717, 1.165) is 48.2 Å². The van der Waals surface area contributed by atoms with Crippen LogP contribution in [0.3, 0.4) is 0 Å². The average molecular weight is 367 g/mol. The van der Waals surface area contributed by atoms with Crippen molar-refractivity contribution in [3.63, 3.8) is 0 Å². The van der Waals surface area contributed by atoms with Gasteiger partial charge in [-0.15, -0.1) is 0 Å². The molecule has 2 aliphatic carbocycles. The molecular formula is C21H25N3O3. The number of fused-ring (bicyclic) bond motifs is 1. The third-order valence-electron chi connectivity index (χ3n) is 5.70. The van der Waals surface area contributed by atoms with Gasteiger partial charge in [0.05, 0.1) is 11.7 Å². The van der Waals surface area contributed by atoms with Crippen LogP contribution in [-0.2, 0) is 16.1 Å². The molecule has 1 aromatic carbocycles. The third-order valence-corrected chi connectivity index (χ3v) is 5.70. The zero-order valence-electron chi connectivity index (χ0n) is 15.4. The van der Waals surface area contributed by atoms with Crippen molar-refractivity contribution in [2.45, 2.75) is 57.0 Å². The van der Waals surface area contributed by atoms with Gasteiger partial charge in [-0.05, 0) is 55.4 Å². The Bertz CT molecular complexity index is 889. The monoisotopic (exact) mass is 367 g/mol. The Hall–Kier alpha value is -2.63. The van der Waals surface area contributed by atoms with Crippen LogP contribution in [0.25, 0.3) is 17.0 Å². The first-order valence-electron chi connectivity index (χ1n) is 9.75. The lowest BCUT2D eigenvalue weighted by Crippen LogP contribution is -2.55. The van der Waals surface area contributed by atoms with Gasteiger partial charge in [-0.2, -0.15) is 5.10 Å². The maximum Gasteiger partial charge on any atom is 0.329 e. The number of carboxylic acid groups (broad SMARTS) is 1. The maximum absolute atomic E-state index is 12.3. The van der Waals surface area contributed by atoms with Gasteiger partial charge < -0.3 is 10.4 Å². The van der Waals surface area contributed by atoms with Crippen LogP contribution in [0.1, 0.15) is 50.5 Å². The molecule has 4 rings (SSSR count). The molecule has 2 saturated carbocycles. The van der Waals surface area contributed by atoms with Crippen molar-refractivity contribution in [2.75, 3.05) is 0 Å². The van der Waals surface area contributed by atoms with Crippen LogP contribution >= 0.6 is 0 Å². The smallest absolute Gasteiger partial charge is 0.329 e. The maximum atomic E-state index is 12.3. The summed E-state index contributed by atoms with van der Waals surface area (Å²) in [6.07, 6.45) is 11.3. The number of aliphatic carboxylic acids is 1. The summed E-state index contributed by atoms with van der Waals surface area (Å²) in [7, 11) is 0. The molecule has 2 N–H and O–H groups in total. The molecule has 0 bridgehead atoms. The van der Waals surface area contributed by atoms with E-state index in [2.05, 4.69) is 10.4 Å². The molecule has 1 amide bonds. The molecule has 0 aliphatic heterocycles. The van der Waals surface area contributed by atoms with Crippen molar-refractivity contribution < 1.29 is 14.7 Å². The largest absolute Gasteiger partial charge is 0.480 e. The summed E-state index contributed by atoms with van der Waals surface area (Å²) >= 11 is 0. The number of carbonyl (C=O) groups is 2. The van der Waals surface area contributed by atoms with Crippen molar-refractivity contribution in [3.05, 3.63) is 36.0 Å². The second-order valence-electron chi connectivity index (χ2n) is 7.86. The summed E-state index contributed by atoms with van der Waals surface area (Å²) in [5.41, 5.74) is 0.889. The van der Waals surface area contributed by atoms with Crippen molar-refractivity contribution in [1.82, 2.24) is 15.1 Å². The quantitative estimate of drug-likeness (QED) is 0.767. The Morgan fingerprint density at radius 2 is 2.04 bits per heavy atom. The zero-order valence-corrected chi connectivity index (χ0v) is 15.4. The molecular weight excluding hydrogens is 342 g/mol. The first-order valence-corrected chi connectivity index (χ1v) is 9.75. The summed E-state index contributed by atoms with van der Waals surface area (Å²) in [6.45, 7) is 0.971. The second kappa shape index (κ2) is 7.18. The Balaban J connectivity index is 1.45. The molecule has 0 saturated heterocycles. The minimum atomic E-state index is -1.12. The fourth-order valence-electron chi connectivity index (χ4n) is 3.90. The van der Waals surface area contributed by atoms with Crippen molar-refractivity contribution in [2.24, 2.45) is 5.92 Å². The molecule has 2 aliphatic rings. The lowest BCUT2D eigenvalue weighted by Gasteiger charge is -2.33. The van der Waals surface area contributed by atoms with E-state index >= 15 is 0 Å². The van der Waals surface area contributed by atoms with Gasteiger partial charge in [0, 0.05) is 18.0 Å². The molecule has 2 aromatic rings. The standard InChI is InChI=1S/C21H25N3O3/c25-19(23-21(20(26)27)10-2-1-3-11-21)9-7-15-6-8-18-17(12-15)13-22-24(18)14-16-4-5-16/h6-9,12-13,16H,1-5,10-11,14H2,(H,23,25)(H,26,27)/b9-7+. The lowest BCUT2D eigenvalue weighted by atomic mass is 9.81. The van der Waals surface area contributed by atoms with Gasteiger partial charge in [0.1, 0.15) is 5.54 Å². The number of nitrogens with one attached hydrogen (secondary N) is 1. The van der Waals surface area contributed by atoms with Crippen molar-refractivity contribution in [3.8, 4) is 0 Å². The molecule has 1 heterocycles. The normalized spacial score (nSPS) is 19.4. The van der Waals surface area contributed by atoms with E-state index in [1.165, 1.54) is 18.9 Å². The topological polar surface area (TPSA) is 84.2 Å². The molecule has 0 radical (unpaired) electrons. The molecule has 0 spiro atoms. The van der Waals surface area contributed by atoms with Gasteiger partial charge >= 0.3 is 5.97 Å². The van der Waals surface area contributed by atoms with Crippen LogP contribution < -0.4 is 5.32 Å². The van der Waals surface area contributed by atoms with Crippen LogP contribution in [0.15, 0.2) is 30.5 Å². The minimum Gasteiger partial charge on any atom is -0.480 e. The van der Waals surface area contributed by atoms with Gasteiger partial charge in [0.15, 0.2) is 0 Å². The second-order valence-corrected chi connectivity index (χ2v) is 7.86. The minimum absolute atomic E-state index is 0.358. The molecule has 2 fully saturated rings. The highest BCUT2D eigenvalue weighted by molar-refractivity contribution is 5.96. The summed E-state index contributed by atoms with van der Waals surface area (Å²) in [5.74, 6) is -0.532. The Morgan fingerprint density at radius 1 is 1.26 bits per heavy atom. The van der Waals surface area contributed by atoms with Crippen LogP contribution in [0, 0.1) is 5.92 Å². The fraction of sp³-hybridized carbons (Fsp3) is 0.476. The first-order chi connectivity index (χ1) is 13.1. The highest BCUT2D eigenvalue weighted by Crippen LogP contribution is 2.31. The molecule has 142 valence electrons. The lowest BCUT2D eigenvalue weighted by molar-refractivity contribution is -0.148. The summed E-state index contributed by atoms with van der Waals surface area (Å²) < 4.78 is 2.05. The predicted molar refractivity (Wildman–Crippen MR) is 103 cm³/mol. The summed E-state index contributed by atoms with van der Waals surface area (Å²) in [6, 6.07) is 6.00.